The second-order valence-electron chi connectivity index (χ2n) is 6.53. The lowest BCUT2D eigenvalue weighted by molar-refractivity contribution is -0.115. The molecule has 0 radical (unpaired) electrons. The molecule has 0 bridgehead atoms. The van der Waals surface area contributed by atoms with Crippen LogP contribution >= 0.6 is 0 Å². The van der Waals surface area contributed by atoms with Gasteiger partial charge in [-0.05, 0) is 41.7 Å². The molecule has 0 aliphatic heterocycles. The van der Waals surface area contributed by atoms with Crippen molar-refractivity contribution in [2.45, 2.75) is 33.2 Å². The number of hydrogen-bond donors (Lipinski definition) is 2. The minimum absolute atomic E-state index is 0.0765. The van der Waals surface area contributed by atoms with Gasteiger partial charge in [0.1, 0.15) is 0 Å². The number of carbonyl (C=O) groups excluding carboxylic acids is 2. The Balaban J connectivity index is 1.89. The van der Waals surface area contributed by atoms with Crippen molar-refractivity contribution in [3.05, 3.63) is 64.7 Å². The summed E-state index contributed by atoms with van der Waals surface area (Å²) in [5.74, 6) is -0.0954. The third-order valence-electron chi connectivity index (χ3n) is 4.18. The number of hydrogen-bond acceptors (Lipinski definition) is 4. The van der Waals surface area contributed by atoms with Crippen LogP contribution in [-0.4, -0.2) is 25.5 Å². The lowest BCUT2D eigenvalue weighted by Crippen LogP contribution is -2.28. The van der Waals surface area contributed by atoms with Crippen molar-refractivity contribution in [3.8, 4) is 0 Å². The number of esters is 1. The molecule has 0 unspecified atom stereocenters. The van der Waals surface area contributed by atoms with E-state index in [2.05, 4.69) is 29.2 Å². The molecule has 0 aliphatic rings. The normalized spacial score (nSPS) is 10.7. The Morgan fingerprint density at radius 1 is 1.08 bits per heavy atom. The molecule has 0 spiro atoms. The summed E-state index contributed by atoms with van der Waals surface area (Å²) >= 11 is 0. The van der Waals surface area contributed by atoms with Gasteiger partial charge in [0.2, 0.25) is 5.91 Å². The summed E-state index contributed by atoms with van der Waals surface area (Å²) in [5, 5.41) is 6.14. The first-order valence-corrected chi connectivity index (χ1v) is 8.69. The zero-order valence-electron chi connectivity index (χ0n) is 15.8. The summed E-state index contributed by atoms with van der Waals surface area (Å²) in [6.07, 6.45) is 0. The van der Waals surface area contributed by atoms with E-state index in [0.29, 0.717) is 18.0 Å². The highest BCUT2D eigenvalue weighted by Gasteiger charge is 2.12. The Kier molecular flexibility index (Phi) is 6.92. The second-order valence-corrected chi connectivity index (χ2v) is 6.53. The van der Waals surface area contributed by atoms with E-state index >= 15 is 0 Å². The number of benzene rings is 2. The van der Waals surface area contributed by atoms with Crippen molar-refractivity contribution in [1.82, 2.24) is 5.32 Å². The van der Waals surface area contributed by atoms with Crippen molar-refractivity contribution >= 4 is 17.6 Å². The van der Waals surface area contributed by atoms with Crippen LogP contribution in [0.3, 0.4) is 0 Å². The molecule has 1 amide bonds. The van der Waals surface area contributed by atoms with E-state index in [4.69, 9.17) is 0 Å². The average molecular weight is 354 g/mol. The first-order valence-electron chi connectivity index (χ1n) is 8.69. The standard InChI is InChI=1S/C21H26N2O3/c1-14(2)18-7-5-6-15(3)20(18)23-19(24)13-22-12-16-8-10-17(11-9-16)21(25)26-4/h5-11,14,22H,12-13H2,1-4H3,(H,23,24). The number of aryl methyl sites for hydroxylation is 1. The predicted octanol–water partition coefficient (Wildman–Crippen LogP) is 3.63. The number of rotatable bonds is 7. The Labute approximate surface area is 154 Å². The van der Waals surface area contributed by atoms with Crippen molar-refractivity contribution in [2.24, 2.45) is 0 Å². The summed E-state index contributed by atoms with van der Waals surface area (Å²) in [4.78, 5) is 23.7. The third-order valence-corrected chi connectivity index (χ3v) is 4.18. The van der Waals surface area contributed by atoms with Gasteiger partial charge in [-0.2, -0.15) is 0 Å². The maximum absolute atomic E-state index is 12.3. The van der Waals surface area contributed by atoms with Gasteiger partial charge >= 0.3 is 5.97 Å². The molecule has 138 valence electrons. The predicted molar refractivity (Wildman–Crippen MR) is 103 cm³/mol. The number of nitrogens with one attached hydrogen (secondary N) is 2. The molecule has 5 heteroatoms. The molecule has 2 N–H and O–H groups in total. The van der Waals surface area contributed by atoms with Gasteiger partial charge in [-0.15, -0.1) is 0 Å². The molecule has 2 aromatic rings. The van der Waals surface area contributed by atoms with E-state index in [1.807, 2.05) is 37.3 Å². The van der Waals surface area contributed by atoms with E-state index in [9.17, 15) is 9.59 Å². The molecule has 0 aliphatic carbocycles. The smallest absolute Gasteiger partial charge is 0.337 e. The molecular formula is C21H26N2O3. The minimum atomic E-state index is -0.358. The third kappa shape index (κ3) is 5.17. The number of carbonyl (C=O) groups is 2. The Morgan fingerprint density at radius 2 is 1.77 bits per heavy atom. The van der Waals surface area contributed by atoms with Crippen LogP contribution < -0.4 is 10.6 Å². The maximum Gasteiger partial charge on any atom is 0.337 e. The first-order chi connectivity index (χ1) is 12.4. The first kappa shape index (κ1) is 19.7. The summed E-state index contributed by atoms with van der Waals surface area (Å²) in [6, 6.07) is 13.2. The molecular weight excluding hydrogens is 328 g/mol. The summed E-state index contributed by atoms with van der Waals surface area (Å²) in [6.45, 7) is 6.98. The topological polar surface area (TPSA) is 67.4 Å². The number of para-hydroxylation sites is 1. The van der Waals surface area contributed by atoms with Gasteiger partial charge in [-0.1, -0.05) is 44.2 Å². The van der Waals surface area contributed by atoms with Crippen LogP contribution in [0.5, 0.6) is 0 Å². The molecule has 0 saturated heterocycles. The number of anilines is 1. The van der Waals surface area contributed by atoms with Crippen LogP contribution in [0.1, 0.15) is 46.8 Å². The van der Waals surface area contributed by atoms with Gasteiger partial charge in [0.05, 0.1) is 19.2 Å². The molecule has 0 atom stereocenters. The molecule has 2 rings (SSSR count). The number of methoxy groups -OCH3 is 1. The SMILES string of the molecule is COC(=O)c1ccc(CNCC(=O)Nc2c(C)cccc2C(C)C)cc1. The Hall–Kier alpha value is -2.66. The average Bonchev–Trinajstić information content (AvgIpc) is 2.63. The summed E-state index contributed by atoms with van der Waals surface area (Å²) < 4.78 is 4.67. The minimum Gasteiger partial charge on any atom is -0.465 e. The fourth-order valence-corrected chi connectivity index (χ4v) is 2.72. The Morgan fingerprint density at radius 3 is 2.38 bits per heavy atom. The molecule has 26 heavy (non-hydrogen) atoms. The van der Waals surface area contributed by atoms with Crippen LogP contribution in [0.2, 0.25) is 0 Å². The molecule has 2 aromatic carbocycles. The van der Waals surface area contributed by atoms with Crippen molar-refractivity contribution in [1.29, 1.82) is 0 Å². The van der Waals surface area contributed by atoms with E-state index in [1.54, 1.807) is 12.1 Å². The van der Waals surface area contributed by atoms with Gasteiger partial charge < -0.3 is 15.4 Å². The van der Waals surface area contributed by atoms with Gasteiger partial charge in [-0.3, -0.25) is 4.79 Å². The monoisotopic (exact) mass is 354 g/mol. The van der Waals surface area contributed by atoms with Crippen molar-refractivity contribution in [3.63, 3.8) is 0 Å². The second kappa shape index (κ2) is 9.15. The highest BCUT2D eigenvalue weighted by Crippen LogP contribution is 2.27. The van der Waals surface area contributed by atoms with E-state index in [0.717, 1.165) is 22.4 Å². The van der Waals surface area contributed by atoms with Crippen LogP contribution in [0.4, 0.5) is 5.69 Å². The molecule has 0 fully saturated rings. The van der Waals surface area contributed by atoms with Crippen LogP contribution in [0.15, 0.2) is 42.5 Å². The van der Waals surface area contributed by atoms with E-state index in [1.165, 1.54) is 7.11 Å². The Bertz CT molecular complexity index is 767. The fraction of sp³-hybridized carbons (Fsp3) is 0.333. The summed E-state index contributed by atoms with van der Waals surface area (Å²) in [5.41, 5.74) is 4.59. The van der Waals surface area contributed by atoms with Crippen LogP contribution in [-0.2, 0) is 16.1 Å². The van der Waals surface area contributed by atoms with E-state index < -0.39 is 0 Å². The highest BCUT2D eigenvalue weighted by molar-refractivity contribution is 5.94. The quantitative estimate of drug-likeness (QED) is 0.745. The maximum atomic E-state index is 12.3. The molecule has 0 saturated carbocycles. The number of ether oxygens (including phenoxy) is 1. The fourth-order valence-electron chi connectivity index (χ4n) is 2.72. The van der Waals surface area contributed by atoms with Gasteiger partial charge in [0.25, 0.3) is 0 Å². The summed E-state index contributed by atoms with van der Waals surface area (Å²) in [7, 11) is 1.36. The van der Waals surface area contributed by atoms with Crippen LogP contribution in [0.25, 0.3) is 0 Å². The lowest BCUT2D eigenvalue weighted by Gasteiger charge is -2.16. The zero-order valence-corrected chi connectivity index (χ0v) is 15.8. The largest absolute Gasteiger partial charge is 0.465 e. The molecule has 0 aromatic heterocycles. The zero-order chi connectivity index (χ0) is 19.1. The molecule has 5 nitrogen and oxygen atoms in total. The van der Waals surface area contributed by atoms with Crippen molar-refractivity contribution in [2.75, 3.05) is 19.0 Å². The molecule has 0 heterocycles. The van der Waals surface area contributed by atoms with E-state index in [-0.39, 0.29) is 18.4 Å². The van der Waals surface area contributed by atoms with Gasteiger partial charge in [-0.25, -0.2) is 4.79 Å². The number of amides is 1. The van der Waals surface area contributed by atoms with Gasteiger partial charge in [0.15, 0.2) is 0 Å². The van der Waals surface area contributed by atoms with Crippen LogP contribution in [0, 0.1) is 6.92 Å². The van der Waals surface area contributed by atoms with Crippen molar-refractivity contribution < 1.29 is 14.3 Å². The van der Waals surface area contributed by atoms with Gasteiger partial charge in [0, 0.05) is 12.2 Å². The lowest BCUT2D eigenvalue weighted by atomic mass is 9.98. The highest BCUT2D eigenvalue weighted by atomic mass is 16.5.